The Morgan fingerprint density at radius 3 is 2.31 bits per heavy atom. The molecule has 170 valence electrons. The number of amides is 1. The van der Waals surface area contributed by atoms with Crippen LogP contribution in [0.25, 0.3) is 6.08 Å². The van der Waals surface area contributed by atoms with Crippen LogP contribution in [0.2, 0.25) is 10.0 Å². The zero-order valence-corrected chi connectivity index (χ0v) is 20.1. The van der Waals surface area contributed by atoms with E-state index in [2.05, 4.69) is 5.32 Å². The van der Waals surface area contributed by atoms with E-state index in [-0.39, 0.29) is 18.2 Å². The molecule has 3 rings (SSSR count). The summed E-state index contributed by atoms with van der Waals surface area (Å²) in [7, 11) is -0.693. The van der Waals surface area contributed by atoms with E-state index < -0.39 is 24.4 Å². The molecule has 0 atom stereocenters. The Morgan fingerprint density at radius 2 is 1.69 bits per heavy atom. The molecule has 0 radical (unpaired) electrons. The number of carbonyl (C=O) groups excluding carboxylic acids is 1. The molecule has 3 N–H and O–H groups in total. The van der Waals surface area contributed by atoms with Crippen LogP contribution in [0.3, 0.4) is 0 Å². The van der Waals surface area contributed by atoms with E-state index >= 15 is 0 Å². The van der Waals surface area contributed by atoms with Crippen LogP contribution in [-0.2, 0) is 20.7 Å². The van der Waals surface area contributed by atoms with Gasteiger partial charge in [-0.2, -0.15) is 0 Å². The fourth-order valence-corrected chi connectivity index (χ4v) is 3.43. The van der Waals surface area contributed by atoms with E-state index in [4.69, 9.17) is 43.0 Å². The van der Waals surface area contributed by atoms with Gasteiger partial charge in [-0.15, -0.1) is 0 Å². The molecule has 2 aromatic rings. The van der Waals surface area contributed by atoms with Crippen molar-refractivity contribution in [2.45, 2.75) is 45.5 Å². The Kier molecular flexibility index (Phi) is 7.45. The van der Waals surface area contributed by atoms with Crippen molar-refractivity contribution < 1.29 is 18.8 Å². The van der Waals surface area contributed by atoms with Gasteiger partial charge in [0.2, 0.25) is 0 Å². The fraction of sp³-hybridized carbons (Fsp3) is 0.348. The maximum atomic E-state index is 12.3. The first kappa shape index (κ1) is 24.5. The summed E-state index contributed by atoms with van der Waals surface area (Å²) in [4.78, 5) is 12.3. The SMILES string of the molecule is CC1(C)OB(C(=Cc2ccc(N)c(Cl)c2Cl)CNC(=O)OCc2ccccc2)OC1(C)C. The average Bonchev–Trinajstić information content (AvgIpc) is 2.97. The fourth-order valence-electron chi connectivity index (χ4n) is 3.04. The lowest BCUT2D eigenvalue weighted by Gasteiger charge is -2.32. The standard InChI is InChI=1S/C23H27BCl2N2O4/c1-22(2)23(3,4)32-24(31-22)17(12-16-10-11-18(27)20(26)19(16)25)13-28-21(29)30-14-15-8-6-5-7-9-15/h5-12H,13-14,27H2,1-4H3,(H,28,29). The Labute approximate surface area is 199 Å². The first-order valence-electron chi connectivity index (χ1n) is 10.2. The van der Waals surface area contributed by atoms with Crippen LogP contribution in [0, 0.1) is 0 Å². The highest BCUT2D eigenvalue weighted by Gasteiger charge is 2.52. The van der Waals surface area contributed by atoms with Gasteiger partial charge in [0.05, 0.1) is 26.9 Å². The summed E-state index contributed by atoms with van der Waals surface area (Å²) in [6.07, 6.45) is 1.23. The monoisotopic (exact) mass is 476 g/mol. The average molecular weight is 477 g/mol. The molecule has 0 saturated carbocycles. The van der Waals surface area contributed by atoms with Gasteiger partial charge in [-0.05, 0) is 50.4 Å². The van der Waals surface area contributed by atoms with E-state index in [1.807, 2.05) is 58.0 Å². The van der Waals surface area contributed by atoms with Gasteiger partial charge in [-0.3, -0.25) is 0 Å². The van der Waals surface area contributed by atoms with Crippen molar-refractivity contribution in [1.82, 2.24) is 5.32 Å². The number of nitrogens with one attached hydrogen (secondary N) is 1. The maximum Gasteiger partial charge on any atom is 0.492 e. The molecule has 1 fully saturated rings. The van der Waals surface area contributed by atoms with Gasteiger partial charge in [-0.25, -0.2) is 4.79 Å². The van der Waals surface area contributed by atoms with Gasteiger partial charge in [-0.1, -0.05) is 65.7 Å². The van der Waals surface area contributed by atoms with Gasteiger partial charge < -0.3 is 25.1 Å². The molecule has 1 heterocycles. The summed E-state index contributed by atoms with van der Waals surface area (Å²) in [6, 6.07) is 12.9. The van der Waals surface area contributed by atoms with Gasteiger partial charge in [0.1, 0.15) is 6.61 Å². The number of nitrogens with two attached hydrogens (primary N) is 1. The van der Waals surface area contributed by atoms with Gasteiger partial charge in [0, 0.05) is 6.54 Å². The Balaban J connectivity index is 1.78. The minimum absolute atomic E-state index is 0.128. The molecule has 1 aliphatic heterocycles. The topological polar surface area (TPSA) is 82.8 Å². The van der Waals surface area contributed by atoms with Crippen LogP contribution < -0.4 is 11.1 Å². The highest BCUT2D eigenvalue weighted by atomic mass is 35.5. The second-order valence-electron chi connectivity index (χ2n) is 8.59. The van der Waals surface area contributed by atoms with E-state index in [0.717, 1.165) is 5.56 Å². The molecule has 6 nitrogen and oxygen atoms in total. The van der Waals surface area contributed by atoms with Crippen molar-refractivity contribution >= 4 is 48.2 Å². The van der Waals surface area contributed by atoms with Crippen molar-refractivity contribution in [2.75, 3.05) is 12.3 Å². The van der Waals surface area contributed by atoms with Gasteiger partial charge in [0.25, 0.3) is 0 Å². The number of hydrogen-bond donors (Lipinski definition) is 2. The summed E-state index contributed by atoms with van der Waals surface area (Å²) in [5.74, 6) is 0. The van der Waals surface area contributed by atoms with Crippen molar-refractivity contribution in [1.29, 1.82) is 0 Å². The minimum atomic E-state index is -0.693. The second-order valence-corrected chi connectivity index (χ2v) is 9.35. The highest BCUT2D eigenvalue weighted by Crippen LogP contribution is 2.39. The van der Waals surface area contributed by atoms with Crippen molar-refractivity contribution in [3.63, 3.8) is 0 Å². The summed E-state index contributed by atoms with van der Waals surface area (Å²) in [5.41, 5.74) is 7.31. The van der Waals surface area contributed by atoms with E-state index in [1.165, 1.54) is 0 Å². The van der Waals surface area contributed by atoms with Crippen LogP contribution in [0.15, 0.2) is 47.9 Å². The molecule has 2 aromatic carbocycles. The number of anilines is 1. The lowest BCUT2D eigenvalue weighted by atomic mass is 9.77. The molecule has 0 bridgehead atoms. The first-order valence-corrected chi connectivity index (χ1v) is 11.0. The van der Waals surface area contributed by atoms with E-state index in [1.54, 1.807) is 18.2 Å². The zero-order valence-electron chi connectivity index (χ0n) is 18.6. The molecular formula is C23H27BCl2N2O4. The third-order valence-electron chi connectivity index (χ3n) is 5.69. The number of ether oxygens (including phenoxy) is 1. The smallest absolute Gasteiger partial charge is 0.445 e. The molecule has 0 aliphatic carbocycles. The molecule has 1 aliphatic rings. The van der Waals surface area contributed by atoms with Crippen molar-refractivity contribution in [2.24, 2.45) is 0 Å². The largest absolute Gasteiger partial charge is 0.492 e. The van der Waals surface area contributed by atoms with Gasteiger partial charge >= 0.3 is 13.2 Å². The third-order valence-corrected chi connectivity index (χ3v) is 6.60. The number of alkyl carbamates (subject to hydrolysis) is 1. The molecule has 1 amide bonds. The molecule has 1 saturated heterocycles. The van der Waals surface area contributed by atoms with Gasteiger partial charge in [0.15, 0.2) is 0 Å². The predicted molar refractivity (Wildman–Crippen MR) is 130 cm³/mol. The number of hydrogen-bond acceptors (Lipinski definition) is 5. The molecule has 9 heteroatoms. The third kappa shape index (κ3) is 5.59. The summed E-state index contributed by atoms with van der Waals surface area (Å²) in [5, 5.41) is 3.34. The summed E-state index contributed by atoms with van der Waals surface area (Å²) < 4.78 is 17.7. The Bertz CT molecular complexity index is 997. The lowest BCUT2D eigenvalue weighted by molar-refractivity contribution is 0.00578. The molecule has 32 heavy (non-hydrogen) atoms. The van der Waals surface area contributed by atoms with Crippen molar-refractivity contribution in [3.8, 4) is 0 Å². The number of nitrogen functional groups attached to an aromatic ring is 1. The van der Waals surface area contributed by atoms with E-state index in [0.29, 0.717) is 21.7 Å². The number of halogens is 2. The number of rotatable bonds is 6. The Morgan fingerprint density at radius 1 is 1.06 bits per heavy atom. The minimum Gasteiger partial charge on any atom is -0.445 e. The summed E-state index contributed by atoms with van der Waals surface area (Å²) >= 11 is 12.6. The number of carbonyl (C=O) groups is 1. The maximum absolute atomic E-state index is 12.3. The van der Waals surface area contributed by atoms with Crippen LogP contribution in [0.4, 0.5) is 10.5 Å². The van der Waals surface area contributed by atoms with Crippen LogP contribution in [0.5, 0.6) is 0 Å². The van der Waals surface area contributed by atoms with Crippen molar-refractivity contribution in [3.05, 3.63) is 69.1 Å². The molecule has 0 unspecified atom stereocenters. The molecule has 0 spiro atoms. The van der Waals surface area contributed by atoms with E-state index in [9.17, 15) is 4.79 Å². The lowest BCUT2D eigenvalue weighted by Crippen LogP contribution is -2.41. The highest BCUT2D eigenvalue weighted by molar-refractivity contribution is 6.56. The molecule has 0 aromatic heterocycles. The van der Waals surface area contributed by atoms with Crippen LogP contribution in [0.1, 0.15) is 38.8 Å². The normalized spacial score (nSPS) is 17.3. The zero-order chi connectivity index (χ0) is 23.5. The first-order chi connectivity index (χ1) is 15.0. The number of benzene rings is 2. The quantitative estimate of drug-likeness (QED) is 0.423. The predicted octanol–water partition coefficient (Wildman–Crippen LogP) is 5.52. The second kappa shape index (κ2) is 9.75. The summed E-state index contributed by atoms with van der Waals surface area (Å²) in [6.45, 7) is 8.13. The van der Waals surface area contributed by atoms with Crippen LogP contribution in [-0.4, -0.2) is 31.0 Å². The molecular weight excluding hydrogens is 450 g/mol. The van der Waals surface area contributed by atoms with Crippen LogP contribution >= 0.6 is 23.2 Å². The Hall–Kier alpha value is -2.19.